The maximum Gasteiger partial charge on any atom is 0.283 e. The van der Waals surface area contributed by atoms with Gasteiger partial charge in [0.25, 0.3) is 5.56 Å². The summed E-state index contributed by atoms with van der Waals surface area (Å²) in [5.74, 6) is 0.771. The minimum absolute atomic E-state index is 0.161. The standard InChI is InChI=1S/C13H20BrN3O3/c1-19-7-5-17-13(18)12(14)11(8-16-17)15-4-6-20-9-10-2-3-10/h8,10,15H,2-7,9H2,1H3. The number of aromatic nitrogens is 2. The number of hydrogen-bond donors (Lipinski definition) is 1. The van der Waals surface area contributed by atoms with Gasteiger partial charge in [0.15, 0.2) is 0 Å². The van der Waals surface area contributed by atoms with E-state index < -0.39 is 0 Å². The first-order chi connectivity index (χ1) is 9.72. The Morgan fingerprint density at radius 2 is 2.30 bits per heavy atom. The summed E-state index contributed by atoms with van der Waals surface area (Å²) in [5, 5.41) is 7.26. The van der Waals surface area contributed by atoms with Gasteiger partial charge < -0.3 is 14.8 Å². The molecule has 1 aliphatic rings. The van der Waals surface area contributed by atoms with E-state index >= 15 is 0 Å². The fourth-order valence-corrected chi connectivity index (χ4v) is 2.16. The number of hydrogen-bond acceptors (Lipinski definition) is 5. The van der Waals surface area contributed by atoms with Gasteiger partial charge in [-0.15, -0.1) is 0 Å². The van der Waals surface area contributed by atoms with Crippen LogP contribution in [0.5, 0.6) is 0 Å². The molecule has 1 aromatic rings. The molecule has 1 heterocycles. The second-order valence-electron chi connectivity index (χ2n) is 4.84. The molecule has 0 atom stereocenters. The predicted molar refractivity (Wildman–Crippen MR) is 80.1 cm³/mol. The van der Waals surface area contributed by atoms with Crippen LogP contribution >= 0.6 is 15.9 Å². The van der Waals surface area contributed by atoms with E-state index in [2.05, 4.69) is 26.3 Å². The molecule has 0 bridgehead atoms. The highest BCUT2D eigenvalue weighted by Crippen LogP contribution is 2.28. The van der Waals surface area contributed by atoms with Crippen molar-refractivity contribution in [2.24, 2.45) is 5.92 Å². The van der Waals surface area contributed by atoms with Gasteiger partial charge >= 0.3 is 0 Å². The first-order valence-electron chi connectivity index (χ1n) is 6.78. The molecule has 1 aliphatic carbocycles. The minimum Gasteiger partial charge on any atom is -0.383 e. The lowest BCUT2D eigenvalue weighted by Gasteiger charge is -2.10. The second kappa shape index (κ2) is 7.75. The van der Waals surface area contributed by atoms with Gasteiger partial charge in [-0.2, -0.15) is 5.10 Å². The van der Waals surface area contributed by atoms with E-state index in [4.69, 9.17) is 9.47 Å². The Kier molecular flexibility index (Phi) is 6.00. The number of anilines is 1. The molecule has 0 aromatic carbocycles. The van der Waals surface area contributed by atoms with Crippen LogP contribution < -0.4 is 10.9 Å². The summed E-state index contributed by atoms with van der Waals surface area (Å²) in [6, 6.07) is 0. The van der Waals surface area contributed by atoms with E-state index in [0.29, 0.717) is 36.5 Å². The highest BCUT2D eigenvalue weighted by Gasteiger charge is 2.20. The Labute approximate surface area is 126 Å². The lowest BCUT2D eigenvalue weighted by atomic mass is 10.4. The minimum atomic E-state index is -0.161. The largest absolute Gasteiger partial charge is 0.383 e. The summed E-state index contributed by atoms with van der Waals surface area (Å²) in [4.78, 5) is 12.0. The van der Waals surface area contributed by atoms with E-state index in [1.807, 2.05) is 0 Å². The van der Waals surface area contributed by atoms with Crippen molar-refractivity contribution in [2.75, 3.05) is 38.8 Å². The lowest BCUT2D eigenvalue weighted by Crippen LogP contribution is -2.26. The normalized spacial score (nSPS) is 14.5. The molecule has 0 amide bonds. The highest BCUT2D eigenvalue weighted by molar-refractivity contribution is 9.10. The summed E-state index contributed by atoms with van der Waals surface area (Å²) in [7, 11) is 1.59. The van der Waals surface area contributed by atoms with Crippen LogP contribution in [0.4, 0.5) is 5.69 Å². The van der Waals surface area contributed by atoms with Gasteiger partial charge in [-0.05, 0) is 34.7 Å². The van der Waals surface area contributed by atoms with Crippen LogP contribution in [0.2, 0.25) is 0 Å². The molecule has 20 heavy (non-hydrogen) atoms. The molecule has 1 aromatic heterocycles. The molecule has 0 aliphatic heterocycles. The second-order valence-corrected chi connectivity index (χ2v) is 5.63. The number of halogens is 1. The van der Waals surface area contributed by atoms with Crippen LogP contribution in [0.1, 0.15) is 12.8 Å². The number of nitrogens with one attached hydrogen (secondary N) is 1. The quantitative estimate of drug-likeness (QED) is 0.687. The number of ether oxygens (including phenoxy) is 2. The van der Waals surface area contributed by atoms with Crippen LogP contribution in [-0.4, -0.2) is 43.3 Å². The van der Waals surface area contributed by atoms with Crippen molar-refractivity contribution >= 4 is 21.6 Å². The van der Waals surface area contributed by atoms with E-state index in [-0.39, 0.29) is 5.56 Å². The smallest absolute Gasteiger partial charge is 0.283 e. The van der Waals surface area contributed by atoms with Crippen LogP contribution in [0, 0.1) is 5.92 Å². The summed E-state index contributed by atoms with van der Waals surface area (Å²) in [6.45, 7) is 3.05. The van der Waals surface area contributed by atoms with Gasteiger partial charge in [0, 0.05) is 20.3 Å². The molecule has 0 unspecified atom stereocenters. The summed E-state index contributed by atoms with van der Waals surface area (Å²) >= 11 is 3.31. The van der Waals surface area contributed by atoms with E-state index in [9.17, 15) is 4.79 Å². The highest BCUT2D eigenvalue weighted by atomic mass is 79.9. The predicted octanol–water partition coefficient (Wildman–Crippen LogP) is 1.49. The summed E-state index contributed by atoms with van der Waals surface area (Å²) in [5.41, 5.74) is 0.532. The Morgan fingerprint density at radius 1 is 1.50 bits per heavy atom. The summed E-state index contributed by atoms with van der Waals surface area (Å²) < 4.78 is 12.3. The van der Waals surface area contributed by atoms with Crippen LogP contribution in [0.15, 0.2) is 15.5 Å². The van der Waals surface area contributed by atoms with Gasteiger partial charge in [-0.3, -0.25) is 4.79 Å². The molecule has 1 fully saturated rings. The van der Waals surface area contributed by atoms with E-state index in [0.717, 1.165) is 12.5 Å². The third kappa shape index (κ3) is 4.57. The molecular weight excluding hydrogens is 326 g/mol. The SMILES string of the molecule is COCCn1ncc(NCCOCC2CC2)c(Br)c1=O. The van der Waals surface area contributed by atoms with Gasteiger partial charge in [0.1, 0.15) is 4.47 Å². The fourth-order valence-electron chi connectivity index (χ4n) is 1.72. The van der Waals surface area contributed by atoms with E-state index in [1.54, 1.807) is 13.3 Å². The zero-order valence-electron chi connectivity index (χ0n) is 11.6. The van der Waals surface area contributed by atoms with Crippen molar-refractivity contribution in [2.45, 2.75) is 19.4 Å². The molecule has 0 spiro atoms. The maximum atomic E-state index is 12.0. The lowest BCUT2D eigenvalue weighted by molar-refractivity contribution is 0.134. The molecule has 0 radical (unpaired) electrons. The van der Waals surface area contributed by atoms with E-state index in [1.165, 1.54) is 17.5 Å². The summed E-state index contributed by atoms with van der Waals surface area (Å²) in [6.07, 6.45) is 4.23. The molecule has 112 valence electrons. The van der Waals surface area contributed by atoms with Crippen molar-refractivity contribution in [3.05, 3.63) is 21.0 Å². The molecule has 2 rings (SSSR count). The van der Waals surface area contributed by atoms with Crippen molar-refractivity contribution in [1.29, 1.82) is 0 Å². The van der Waals surface area contributed by atoms with Crippen molar-refractivity contribution in [1.82, 2.24) is 9.78 Å². The molecule has 0 saturated heterocycles. The molecular formula is C13H20BrN3O3. The fraction of sp³-hybridized carbons (Fsp3) is 0.692. The Bertz CT molecular complexity index is 488. The molecule has 7 heteroatoms. The van der Waals surface area contributed by atoms with Crippen LogP contribution in [0.25, 0.3) is 0 Å². The Hall–Kier alpha value is -0.920. The molecule has 6 nitrogen and oxygen atoms in total. The van der Waals surface area contributed by atoms with Gasteiger partial charge in [0.2, 0.25) is 0 Å². The number of methoxy groups -OCH3 is 1. The first-order valence-corrected chi connectivity index (χ1v) is 7.58. The van der Waals surface area contributed by atoms with Crippen molar-refractivity contribution in [3.8, 4) is 0 Å². The first kappa shape index (κ1) is 15.5. The third-order valence-electron chi connectivity index (χ3n) is 3.10. The van der Waals surface area contributed by atoms with Crippen LogP contribution in [-0.2, 0) is 16.0 Å². The monoisotopic (exact) mass is 345 g/mol. The Balaban J connectivity index is 1.81. The average molecular weight is 346 g/mol. The van der Waals surface area contributed by atoms with Crippen LogP contribution in [0.3, 0.4) is 0 Å². The van der Waals surface area contributed by atoms with Gasteiger partial charge in [-0.1, -0.05) is 0 Å². The zero-order valence-corrected chi connectivity index (χ0v) is 13.2. The molecule has 1 saturated carbocycles. The van der Waals surface area contributed by atoms with Gasteiger partial charge in [-0.25, -0.2) is 4.68 Å². The molecule has 1 N–H and O–H groups in total. The topological polar surface area (TPSA) is 65.4 Å². The Morgan fingerprint density at radius 3 is 3.00 bits per heavy atom. The number of rotatable bonds is 9. The van der Waals surface area contributed by atoms with Crippen molar-refractivity contribution < 1.29 is 9.47 Å². The third-order valence-corrected chi connectivity index (χ3v) is 3.87. The van der Waals surface area contributed by atoms with Gasteiger partial charge in [0.05, 0.1) is 31.6 Å². The van der Waals surface area contributed by atoms with Crippen molar-refractivity contribution in [3.63, 3.8) is 0 Å². The average Bonchev–Trinajstić information content (AvgIpc) is 3.26. The number of nitrogens with zero attached hydrogens (tertiary/aromatic N) is 2. The maximum absolute atomic E-state index is 12.0. The zero-order chi connectivity index (χ0) is 14.4.